The van der Waals surface area contributed by atoms with Gasteiger partial charge in [0.15, 0.2) is 0 Å². The van der Waals surface area contributed by atoms with Crippen molar-refractivity contribution in [2.45, 2.75) is 13.0 Å². The van der Waals surface area contributed by atoms with E-state index in [1.807, 2.05) is 0 Å². The van der Waals surface area contributed by atoms with Crippen LogP contribution in [0.2, 0.25) is 0 Å². The summed E-state index contributed by atoms with van der Waals surface area (Å²) in [5.74, 6) is 0. The number of hydrogen-bond donors (Lipinski definition) is 2. The second kappa shape index (κ2) is 6.09. The van der Waals surface area contributed by atoms with Crippen LogP contribution in [0.3, 0.4) is 0 Å². The molecule has 1 unspecified atom stereocenters. The monoisotopic (exact) mass is 162 g/mol. The van der Waals surface area contributed by atoms with Crippen molar-refractivity contribution in [3.8, 4) is 0 Å². The van der Waals surface area contributed by atoms with Crippen molar-refractivity contribution in [2.75, 3.05) is 32.6 Å². The van der Waals surface area contributed by atoms with Crippen LogP contribution in [0.5, 0.6) is 0 Å². The van der Waals surface area contributed by atoms with Gasteiger partial charge in [-0.2, -0.15) is 0 Å². The summed E-state index contributed by atoms with van der Waals surface area (Å²) < 4.78 is 0. The average molecular weight is 162 g/mol. The molecular weight excluding hydrogens is 143 g/mol. The fourth-order valence-corrected chi connectivity index (χ4v) is 1.19. The maximum Gasteiger partial charge on any atom is 0.0162 e. The molecule has 0 aromatic heterocycles. The van der Waals surface area contributed by atoms with Gasteiger partial charge in [-0.1, -0.05) is 0 Å². The Bertz CT molecular complexity index is 76.0. The molecule has 3 N–H and O–H groups in total. The van der Waals surface area contributed by atoms with Gasteiger partial charge in [0.05, 0.1) is 0 Å². The normalized spacial score (nSPS) is 14.1. The van der Waals surface area contributed by atoms with Crippen molar-refractivity contribution in [2.24, 2.45) is 5.73 Å². The first-order valence-corrected chi connectivity index (χ1v) is 6.17. The van der Waals surface area contributed by atoms with E-state index in [1.54, 1.807) is 0 Å². The Morgan fingerprint density at radius 1 is 1.50 bits per heavy atom. The van der Waals surface area contributed by atoms with E-state index in [0.29, 0.717) is 6.04 Å². The molecule has 62 valence electrons. The van der Waals surface area contributed by atoms with Gasteiger partial charge >= 0.3 is 0 Å². The fourth-order valence-electron chi connectivity index (χ4n) is 0.618. The second-order valence-electron chi connectivity index (χ2n) is 2.89. The lowest BCUT2D eigenvalue weighted by Crippen LogP contribution is -2.34. The molecule has 0 radical (unpaired) electrons. The van der Waals surface area contributed by atoms with Crippen LogP contribution in [0.4, 0.5) is 0 Å². The minimum absolute atomic E-state index is 0.261. The van der Waals surface area contributed by atoms with E-state index < -0.39 is 0 Å². The molecule has 1 atom stereocenters. The highest BCUT2D eigenvalue weighted by atomic mass is 31.1. The topological polar surface area (TPSA) is 38.0 Å². The molecule has 0 fully saturated rings. The summed E-state index contributed by atoms with van der Waals surface area (Å²) in [6.07, 6.45) is 1.31. The molecule has 0 bridgehead atoms. The summed E-state index contributed by atoms with van der Waals surface area (Å²) >= 11 is 0. The molecule has 0 aliphatic heterocycles. The zero-order valence-corrected chi connectivity index (χ0v) is 8.12. The van der Waals surface area contributed by atoms with E-state index in [9.17, 15) is 0 Å². The summed E-state index contributed by atoms with van der Waals surface area (Å²) in [6.45, 7) is 8.57. The van der Waals surface area contributed by atoms with Crippen LogP contribution in [-0.2, 0) is 0 Å². The maximum atomic E-state index is 5.43. The Balaban J connectivity index is 3.03. The van der Waals surface area contributed by atoms with Crippen LogP contribution >= 0.6 is 7.92 Å². The number of rotatable bonds is 5. The Labute approximate surface area is 65.3 Å². The summed E-state index contributed by atoms with van der Waals surface area (Å²) in [4.78, 5) is 0. The first kappa shape index (κ1) is 10.3. The molecule has 0 amide bonds. The highest BCUT2D eigenvalue weighted by Crippen LogP contribution is 2.22. The van der Waals surface area contributed by atoms with Crippen molar-refractivity contribution in [1.29, 1.82) is 0 Å². The van der Waals surface area contributed by atoms with Crippen LogP contribution in [0, 0.1) is 0 Å². The van der Waals surface area contributed by atoms with Gasteiger partial charge in [0.2, 0.25) is 0 Å². The predicted octanol–water partition coefficient (Wildman–Crippen LogP) is 0.665. The van der Waals surface area contributed by atoms with Gasteiger partial charge in [0, 0.05) is 12.6 Å². The largest absolute Gasteiger partial charge is 0.329 e. The lowest BCUT2D eigenvalue weighted by atomic mass is 10.3. The van der Waals surface area contributed by atoms with E-state index in [1.165, 1.54) is 6.16 Å². The molecule has 0 aliphatic carbocycles. The third-order valence-electron chi connectivity index (χ3n) is 1.41. The molecular formula is C7H19N2P. The molecule has 0 spiro atoms. The van der Waals surface area contributed by atoms with Crippen molar-refractivity contribution in [3.63, 3.8) is 0 Å². The van der Waals surface area contributed by atoms with Crippen LogP contribution in [-0.4, -0.2) is 38.6 Å². The Hall–Kier alpha value is 0.350. The first-order chi connectivity index (χ1) is 4.66. The molecule has 2 nitrogen and oxygen atoms in total. The molecule has 0 saturated heterocycles. The lowest BCUT2D eigenvalue weighted by Gasteiger charge is -2.11. The highest BCUT2D eigenvalue weighted by Gasteiger charge is 1.96. The minimum Gasteiger partial charge on any atom is -0.329 e. The molecule has 0 saturated carbocycles. The Kier molecular flexibility index (Phi) is 6.30. The van der Waals surface area contributed by atoms with Crippen LogP contribution < -0.4 is 11.1 Å². The number of nitrogens with one attached hydrogen (secondary N) is 1. The van der Waals surface area contributed by atoms with Crippen molar-refractivity contribution in [1.82, 2.24) is 5.32 Å². The smallest absolute Gasteiger partial charge is 0.0162 e. The first-order valence-electron chi connectivity index (χ1n) is 3.75. The number of nitrogens with two attached hydrogens (primary N) is 1. The number of hydrogen-bond acceptors (Lipinski definition) is 2. The van der Waals surface area contributed by atoms with Crippen LogP contribution in [0.1, 0.15) is 6.92 Å². The molecule has 0 aliphatic rings. The SMILES string of the molecule is CC(CN)NCCP(C)C. The summed E-state index contributed by atoms with van der Waals surface area (Å²) in [5, 5.41) is 3.35. The van der Waals surface area contributed by atoms with Gasteiger partial charge in [0.25, 0.3) is 0 Å². The van der Waals surface area contributed by atoms with Gasteiger partial charge in [-0.15, -0.1) is 7.92 Å². The van der Waals surface area contributed by atoms with E-state index in [-0.39, 0.29) is 7.92 Å². The standard InChI is InChI=1S/C7H19N2P/c1-7(6-8)9-4-5-10(2)3/h7,9H,4-6,8H2,1-3H3. The molecule has 10 heavy (non-hydrogen) atoms. The highest BCUT2D eigenvalue weighted by molar-refractivity contribution is 7.56. The van der Waals surface area contributed by atoms with Gasteiger partial charge in [-0.05, 0) is 33.0 Å². The third-order valence-corrected chi connectivity index (χ3v) is 2.52. The summed E-state index contributed by atoms with van der Waals surface area (Å²) in [5.41, 5.74) is 5.43. The molecule has 0 aromatic rings. The van der Waals surface area contributed by atoms with Crippen LogP contribution in [0.25, 0.3) is 0 Å². The predicted molar refractivity (Wildman–Crippen MR) is 50.2 cm³/mol. The van der Waals surface area contributed by atoms with Crippen molar-refractivity contribution < 1.29 is 0 Å². The Morgan fingerprint density at radius 2 is 2.10 bits per heavy atom. The van der Waals surface area contributed by atoms with Gasteiger partial charge in [-0.25, -0.2) is 0 Å². The van der Waals surface area contributed by atoms with Crippen molar-refractivity contribution in [3.05, 3.63) is 0 Å². The van der Waals surface area contributed by atoms with E-state index in [2.05, 4.69) is 25.6 Å². The quantitative estimate of drug-likeness (QED) is 0.583. The van der Waals surface area contributed by atoms with E-state index in [0.717, 1.165) is 13.1 Å². The third kappa shape index (κ3) is 6.47. The second-order valence-corrected chi connectivity index (χ2v) is 5.50. The Morgan fingerprint density at radius 3 is 2.50 bits per heavy atom. The van der Waals surface area contributed by atoms with Gasteiger partial charge in [0.1, 0.15) is 0 Å². The zero-order chi connectivity index (χ0) is 7.98. The van der Waals surface area contributed by atoms with Gasteiger partial charge < -0.3 is 11.1 Å². The van der Waals surface area contributed by atoms with Gasteiger partial charge in [-0.3, -0.25) is 0 Å². The van der Waals surface area contributed by atoms with E-state index >= 15 is 0 Å². The zero-order valence-electron chi connectivity index (χ0n) is 7.22. The molecule has 0 aromatic carbocycles. The molecule has 0 heterocycles. The van der Waals surface area contributed by atoms with Crippen molar-refractivity contribution >= 4 is 7.92 Å². The maximum absolute atomic E-state index is 5.43. The average Bonchev–Trinajstić information content (AvgIpc) is 1.87. The molecule has 0 rings (SSSR count). The van der Waals surface area contributed by atoms with Crippen LogP contribution in [0.15, 0.2) is 0 Å². The lowest BCUT2D eigenvalue weighted by molar-refractivity contribution is 0.578. The van der Waals surface area contributed by atoms with E-state index in [4.69, 9.17) is 5.73 Å². The minimum atomic E-state index is 0.261. The summed E-state index contributed by atoms with van der Waals surface area (Å²) in [7, 11) is 0.261. The fraction of sp³-hybridized carbons (Fsp3) is 1.00. The molecule has 3 heteroatoms. The summed E-state index contributed by atoms with van der Waals surface area (Å²) in [6, 6.07) is 0.481.